The molecule has 3 atom stereocenters. The van der Waals surface area contributed by atoms with Gasteiger partial charge in [-0.2, -0.15) is 13.0 Å². The summed E-state index contributed by atoms with van der Waals surface area (Å²) in [6.07, 6.45) is 0.0630. The van der Waals surface area contributed by atoms with Crippen molar-refractivity contribution in [2.45, 2.75) is 25.0 Å². The summed E-state index contributed by atoms with van der Waals surface area (Å²) in [6, 6.07) is 0. The highest BCUT2D eigenvalue weighted by Gasteiger charge is 2.46. The average Bonchev–Trinajstić information content (AvgIpc) is 3.32. The lowest BCUT2D eigenvalue weighted by atomic mass is 9.95. The number of ether oxygens (including phenoxy) is 1. The molecule has 4 rings (SSSR count). The molecule has 2 aromatic rings. The lowest BCUT2D eigenvalue weighted by Gasteiger charge is -2.11. The van der Waals surface area contributed by atoms with Crippen molar-refractivity contribution in [1.29, 1.82) is 0 Å². The molecule has 0 amide bonds. The molecule has 1 fully saturated rings. The van der Waals surface area contributed by atoms with Crippen molar-refractivity contribution in [3.8, 4) is 17.5 Å². The van der Waals surface area contributed by atoms with Crippen molar-refractivity contribution in [3.05, 3.63) is 40.2 Å². The predicted octanol–water partition coefficient (Wildman–Crippen LogP) is 2.59. The van der Waals surface area contributed by atoms with E-state index in [1.165, 1.54) is 0 Å². The van der Waals surface area contributed by atoms with Crippen LogP contribution in [0.25, 0.3) is 0 Å². The molecule has 2 bridgehead atoms. The zero-order valence-electron chi connectivity index (χ0n) is 12.8. The molecule has 1 saturated heterocycles. The number of aromatic hydroxyl groups is 2. The SMILES string of the molecule is O=S(Oc1c(F)c(F)c(F)c(F)c1F)On1c(O)c2c(c1O)C1CCC2O1. The molecule has 2 N–H and O–H groups in total. The minimum Gasteiger partial charge on any atom is -0.492 e. The van der Waals surface area contributed by atoms with E-state index in [0.29, 0.717) is 12.8 Å². The highest BCUT2D eigenvalue weighted by Crippen LogP contribution is 2.57. The second-order valence-corrected chi connectivity index (χ2v) is 6.44. The second-order valence-electron chi connectivity index (χ2n) is 5.72. The molecule has 0 aliphatic carbocycles. The largest absolute Gasteiger partial charge is 0.492 e. The number of hydrogen-bond donors (Lipinski definition) is 2. The van der Waals surface area contributed by atoms with Crippen LogP contribution in [0.15, 0.2) is 0 Å². The molecule has 13 heteroatoms. The van der Waals surface area contributed by atoms with Gasteiger partial charge in [0.2, 0.25) is 46.6 Å². The number of halogens is 5. The Balaban J connectivity index is 1.63. The summed E-state index contributed by atoms with van der Waals surface area (Å²) >= 11 is -3.19. The molecule has 146 valence electrons. The molecule has 27 heavy (non-hydrogen) atoms. The number of aromatic nitrogens is 1. The maximum atomic E-state index is 13.5. The molecule has 0 spiro atoms. The Morgan fingerprint density at radius 2 is 1.33 bits per heavy atom. The van der Waals surface area contributed by atoms with Gasteiger partial charge in [0.05, 0.1) is 23.3 Å². The Labute approximate surface area is 149 Å². The summed E-state index contributed by atoms with van der Waals surface area (Å²) < 4.78 is 92.6. The summed E-state index contributed by atoms with van der Waals surface area (Å²) in [5, 5.41) is 20.2. The van der Waals surface area contributed by atoms with Crippen molar-refractivity contribution in [2.75, 3.05) is 0 Å². The van der Waals surface area contributed by atoms with Gasteiger partial charge >= 0.3 is 11.4 Å². The number of rotatable bonds is 4. The molecule has 2 aliphatic heterocycles. The zero-order chi connectivity index (χ0) is 19.6. The van der Waals surface area contributed by atoms with E-state index in [9.17, 15) is 36.4 Å². The minimum atomic E-state index is -3.19. The van der Waals surface area contributed by atoms with Gasteiger partial charge in [0, 0.05) is 0 Å². The Kier molecular flexibility index (Phi) is 3.96. The summed E-state index contributed by atoms with van der Waals surface area (Å²) in [7, 11) is 0. The molecule has 0 radical (unpaired) electrons. The molecule has 1 aromatic heterocycles. The summed E-state index contributed by atoms with van der Waals surface area (Å²) in [4.78, 5) is 0. The maximum absolute atomic E-state index is 13.5. The van der Waals surface area contributed by atoms with Gasteiger partial charge in [-0.3, -0.25) is 4.28 Å². The highest BCUT2D eigenvalue weighted by atomic mass is 32.2. The van der Waals surface area contributed by atoms with Gasteiger partial charge in [0.25, 0.3) is 0 Å². The summed E-state index contributed by atoms with van der Waals surface area (Å²) in [5.74, 6) is -15.0. The summed E-state index contributed by atoms with van der Waals surface area (Å²) in [6.45, 7) is 0. The number of nitrogens with zero attached hydrogens (tertiary/aromatic N) is 1. The van der Waals surface area contributed by atoms with E-state index in [4.69, 9.17) is 4.74 Å². The Bertz CT molecular complexity index is 933. The van der Waals surface area contributed by atoms with Crippen LogP contribution in [0.4, 0.5) is 22.0 Å². The quantitative estimate of drug-likeness (QED) is 0.455. The van der Waals surface area contributed by atoms with E-state index in [0.717, 1.165) is 0 Å². The van der Waals surface area contributed by atoms with E-state index in [1.807, 2.05) is 0 Å². The third-order valence-corrected chi connectivity index (χ3v) is 4.85. The lowest BCUT2D eigenvalue weighted by Crippen LogP contribution is -2.20. The van der Waals surface area contributed by atoms with Crippen LogP contribution in [-0.2, 0) is 16.1 Å². The zero-order valence-corrected chi connectivity index (χ0v) is 13.7. The summed E-state index contributed by atoms with van der Waals surface area (Å²) in [5.41, 5.74) is 0.383. The highest BCUT2D eigenvalue weighted by molar-refractivity contribution is 7.75. The Hall–Kier alpha value is -2.54. The van der Waals surface area contributed by atoms with Gasteiger partial charge in [-0.25, -0.2) is 13.2 Å². The Morgan fingerprint density at radius 3 is 1.81 bits per heavy atom. The van der Waals surface area contributed by atoms with E-state index in [2.05, 4.69) is 8.47 Å². The first-order valence-corrected chi connectivity index (χ1v) is 8.34. The van der Waals surface area contributed by atoms with Gasteiger partial charge in [0.15, 0.2) is 0 Å². The van der Waals surface area contributed by atoms with Crippen molar-refractivity contribution in [1.82, 2.24) is 4.73 Å². The molecule has 3 heterocycles. The molecular formula is C14H8F5NO6S. The fourth-order valence-electron chi connectivity index (χ4n) is 3.13. The third-order valence-electron chi connectivity index (χ3n) is 4.28. The second kappa shape index (κ2) is 5.99. The topological polar surface area (TPSA) is 90.2 Å². The first-order chi connectivity index (χ1) is 12.7. The van der Waals surface area contributed by atoms with Gasteiger partial charge in [-0.15, -0.1) is 0 Å². The molecule has 7 nitrogen and oxygen atoms in total. The fraction of sp³-hybridized carbons (Fsp3) is 0.286. The van der Waals surface area contributed by atoms with Crippen molar-refractivity contribution in [2.24, 2.45) is 0 Å². The van der Waals surface area contributed by atoms with Crippen LogP contribution in [0.2, 0.25) is 0 Å². The van der Waals surface area contributed by atoms with Crippen molar-refractivity contribution >= 4 is 11.4 Å². The van der Waals surface area contributed by atoms with Crippen LogP contribution in [0.1, 0.15) is 36.2 Å². The monoisotopic (exact) mass is 413 g/mol. The van der Waals surface area contributed by atoms with Crippen LogP contribution in [0, 0.1) is 29.1 Å². The number of hydrogen-bond acceptors (Lipinski definition) is 6. The fourth-order valence-corrected chi connectivity index (χ4v) is 3.71. The third kappa shape index (κ3) is 2.45. The number of benzene rings is 1. The lowest BCUT2D eigenvalue weighted by molar-refractivity contribution is 0.0646. The predicted molar refractivity (Wildman–Crippen MR) is 75.1 cm³/mol. The van der Waals surface area contributed by atoms with E-state index >= 15 is 0 Å². The van der Waals surface area contributed by atoms with E-state index < -0.39 is 70.2 Å². The molecule has 1 aromatic carbocycles. The van der Waals surface area contributed by atoms with Gasteiger partial charge < -0.3 is 19.1 Å². The van der Waals surface area contributed by atoms with Crippen LogP contribution >= 0.6 is 0 Å². The van der Waals surface area contributed by atoms with E-state index in [1.54, 1.807) is 0 Å². The smallest absolute Gasteiger partial charge is 0.438 e. The molecule has 2 aliphatic rings. The minimum absolute atomic E-state index is 0.192. The Morgan fingerprint density at radius 1 is 0.889 bits per heavy atom. The van der Waals surface area contributed by atoms with Crippen molar-refractivity contribution in [3.63, 3.8) is 0 Å². The first-order valence-electron chi connectivity index (χ1n) is 7.34. The van der Waals surface area contributed by atoms with Crippen LogP contribution in [0.5, 0.6) is 17.5 Å². The normalized spacial score (nSPS) is 21.4. The van der Waals surface area contributed by atoms with Gasteiger partial charge in [-0.1, -0.05) is 4.73 Å². The molecule has 3 unspecified atom stereocenters. The van der Waals surface area contributed by atoms with Crippen LogP contribution < -0.4 is 8.47 Å². The average molecular weight is 413 g/mol. The standard InChI is InChI=1S/C14H8F5NO6S/c15-7-8(16)10(18)12(11(19)9(7)17)25-27(23)26-20-13(21)5-3-1-2-4(24-3)6(5)14(20)22/h3-4,21-22H,1-2H2. The van der Waals surface area contributed by atoms with E-state index in [-0.39, 0.29) is 15.9 Å². The van der Waals surface area contributed by atoms with Crippen LogP contribution in [0.3, 0.4) is 0 Å². The van der Waals surface area contributed by atoms with Gasteiger partial charge in [0.1, 0.15) is 0 Å². The van der Waals surface area contributed by atoms with Crippen molar-refractivity contribution < 1.29 is 49.6 Å². The molecular weight excluding hydrogens is 405 g/mol. The van der Waals surface area contributed by atoms with Crippen LogP contribution in [-0.4, -0.2) is 19.2 Å². The van der Waals surface area contributed by atoms with Gasteiger partial charge in [-0.05, 0) is 12.8 Å². The number of fused-ring (bicyclic) bond motifs is 5. The first kappa shape index (κ1) is 17.9. The molecule has 0 saturated carbocycles. The maximum Gasteiger partial charge on any atom is 0.438 e.